The van der Waals surface area contributed by atoms with Crippen molar-refractivity contribution in [1.82, 2.24) is 4.98 Å². The molecule has 1 aliphatic rings. The Labute approximate surface area is 183 Å². The van der Waals surface area contributed by atoms with Crippen LogP contribution in [0.1, 0.15) is 10.4 Å². The molecule has 0 unspecified atom stereocenters. The smallest absolute Gasteiger partial charge is 0.264 e. The van der Waals surface area contributed by atoms with E-state index in [1.807, 2.05) is 19.1 Å². The Hall–Kier alpha value is -2.62. The largest absolute Gasteiger partial charge is 0.482 e. The quantitative estimate of drug-likeness (QED) is 0.616. The molecule has 0 saturated carbocycles. The van der Waals surface area contributed by atoms with Gasteiger partial charge in [0, 0.05) is 22.5 Å². The number of thiazole rings is 1. The van der Waals surface area contributed by atoms with Crippen LogP contribution in [0.2, 0.25) is 5.02 Å². The molecule has 10 heteroatoms. The fraction of sp³-hybridized carbons (Fsp3) is 0.200. The third kappa shape index (κ3) is 4.28. The summed E-state index contributed by atoms with van der Waals surface area (Å²) >= 11 is 7.10. The van der Waals surface area contributed by atoms with Crippen molar-refractivity contribution >= 4 is 49.7 Å². The van der Waals surface area contributed by atoms with Gasteiger partial charge in [0.1, 0.15) is 5.75 Å². The number of anilines is 2. The van der Waals surface area contributed by atoms with E-state index in [2.05, 4.69) is 9.71 Å². The molecule has 3 aromatic rings. The van der Waals surface area contributed by atoms with Gasteiger partial charge in [-0.05, 0) is 42.8 Å². The lowest BCUT2D eigenvalue weighted by molar-refractivity contribution is -0.120. The monoisotopic (exact) mass is 463 g/mol. The number of rotatable bonds is 5. The van der Waals surface area contributed by atoms with E-state index >= 15 is 0 Å². The summed E-state index contributed by atoms with van der Waals surface area (Å²) in [5.74, 6) is 0.309. The predicted octanol–water partition coefficient (Wildman–Crippen LogP) is 4.07. The summed E-state index contributed by atoms with van der Waals surface area (Å²) in [7, 11) is -1.94. The molecular weight excluding hydrogens is 446 g/mol. The highest BCUT2D eigenvalue weighted by molar-refractivity contribution is 7.92. The number of fused-ring (bicyclic) bond motifs is 1. The van der Waals surface area contributed by atoms with E-state index in [0.29, 0.717) is 27.7 Å². The number of halogens is 1. The maximum absolute atomic E-state index is 12.5. The predicted molar refractivity (Wildman–Crippen MR) is 119 cm³/mol. The van der Waals surface area contributed by atoms with E-state index in [0.717, 1.165) is 10.4 Å². The minimum Gasteiger partial charge on any atom is -0.482 e. The summed E-state index contributed by atoms with van der Waals surface area (Å²) in [5.41, 5.74) is 2.71. The van der Waals surface area contributed by atoms with Gasteiger partial charge in [-0.1, -0.05) is 23.7 Å². The number of amides is 1. The number of hydrogen-bond donors (Lipinski definition) is 1. The first-order valence-electron chi connectivity index (χ1n) is 8.98. The first kappa shape index (κ1) is 20.6. The second kappa shape index (κ2) is 7.90. The summed E-state index contributed by atoms with van der Waals surface area (Å²) in [4.78, 5) is 18.8. The van der Waals surface area contributed by atoms with Crippen LogP contribution < -0.4 is 14.4 Å². The second-order valence-electron chi connectivity index (χ2n) is 6.84. The van der Waals surface area contributed by atoms with Crippen molar-refractivity contribution in [2.24, 2.45) is 0 Å². The molecule has 156 valence electrons. The van der Waals surface area contributed by atoms with E-state index in [1.54, 1.807) is 42.3 Å². The molecule has 2 aromatic carbocycles. The van der Waals surface area contributed by atoms with Gasteiger partial charge in [0.15, 0.2) is 11.7 Å². The molecule has 1 aliphatic heterocycles. The van der Waals surface area contributed by atoms with Gasteiger partial charge in [0.25, 0.3) is 5.91 Å². The van der Waals surface area contributed by atoms with Crippen molar-refractivity contribution in [2.75, 3.05) is 23.3 Å². The van der Waals surface area contributed by atoms with E-state index < -0.39 is 10.0 Å². The maximum atomic E-state index is 12.5. The van der Waals surface area contributed by atoms with Crippen molar-refractivity contribution < 1.29 is 17.9 Å². The van der Waals surface area contributed by atoms with Crippen LogP contribution in [-0.4, -0.2) is 33.0 Å². The van der Waals surface area contributed by atoms with Crippen molar-refractivity contribution in [1.29, 1.82) is 0 Å². The molecule has 0 atom stereocenters. The number of sulfonamides is 1. The zero-order valence-electron chi connectivity index (χ0n) is 16.2. The minimum atomic E-state index is -3.63. The van der Waals surface area contributed by atoms with E-state index in [1.165, 1.54) is 11.3 Å². The van der Waals surface area contributed by atoms with Gasteiger partial charge in [-0.25, -0.2) is 13.4 Å². The van der Waals surface area contributed by atoms with Crippen molar-refractivity contribution in [2.45, 2.75) is 12.7 Å². The fourth-order valence-electron chi connectivity index (χ4n) is 3.10. The van der Waals surface area contributed by atoms with Gasteiger partial charge < -0.3 is 9.64 Å². The molecule has 7 nitrogen and oxygen atoms in total. The Morgan fingerprint density at radius 3 is 2.70 bits per heavy atom. The number of ether oxygens (including phenoxy) is 1. The average molecular weight is 464 g/mol. The van der Waals surface area contributed by atoms with Gasteiger partial charge >= 0.3 is 0 Å². The first-order valence-corrected chi connectivity index (χ1v) is 11.8. The number of aromatic nitrogens is 1. The average Bonchev–Trinajstić information content (AvgIpc) is 3.05. The Morgan fingerprint density at radius 1 is 1.23 bits per heavy atom. The molecule has 0 radical (unpaired) electrons. The Balaban J connectivity index is 1.58. The third-order valence-electron chi connectivity index (χ3n) is 4.63. The van der Waals surface area contributed by atoms with E-state index in [-0.39, 0.29) is 23.4 Å². The van der Waals surface area contributed by atoms with Crippen LogP contribution in [0.25, 0.3) is 11.3 Å². The van der Waals surface area contributed by atoms with Gasteiger partial charge in [0.2, 0.25) is 10.0 Å². The topological polar surface area (TPSA) is 88.6 Å². The van der Waals surface area contributed by atoms with Gasteiger partial charge in [-0.2, -0.15) is 0 Å². The summed E-state index contributed by atoms with van der Waals surface area (Å²) in [6, 6.07) is 12.1. The first-order chi connectivity index (χ1) is 14.2. The Morgan fingerprint density at radius 2 is 1.97 bits per heavy atom. The lowest BCUT2D eigenvalue weighted by atomic mass is 10.1. The number of benzene rings is 2. The summed E-state index contributed by atoms with van der Waals surface area (Å²) in [5, 5.41) is 0.835. The second-order valence-corrected chi connectivity index (χ2v) is 10.2. The number of hydrogen-bond acceptors (Lipinski definition) is 6. The molecule has 1 amide bonds. The molecule has 0 bridgehead atoms. The van der Waals surface area contributed by atoms with Gasteiger partial charge in [-0.15, -0.1) is 11.3 Å². The van der Waals surface area contributed by atoms with Crippen LogP contribution in [0, 0.1) is 6.92 Å². The lowest BCUT2D eigenvalue weighted by Gasteiger charge is -2.26. The summed E-state index contributed by atoms with van der Waals surface area (Å²) in [6.45, 7) is 1.88. The summed E-state index contributed by atoms with van der Waals surface area (Å²) < 4.78 is 33.1. The number of carbonyl (C=O) groups is 1. The Bertz CT molecular complexity index is 1220. The highest BCUT2D eigenvalue weighted by Crippen LogP contribution is 2.38. The molecule has 1 N–H and O–H groups in total. The van der Waals surface area contributed by atoms with Gasteiger partial charge in [-0.3, -0.25) is 9.52 Å². The molecule has 0 spiro atoms. The molecule has 1 aromatic heterocycles. The van der Waals surface area contributed by atoms with Crippen LogP contribution >= 0.6 is 22.9 Å². The number of likely N-dealkylation sites (N-methyl/N-ethyl adjacent to an activating group) is 1. The molecule has 0 aliphatic carbocycles. The standard InChI is InChI=1S/C20H18ClN3O4S2/c1-12-19(14-5-8-17-16(9-14)24(2)18(25)10-28-17)22-20(29-12)23-30(26,27)11-13-3-6-15(21)7-4-13/h3-9H,10-11H2,1-2H3,(H,22,23). The number of nitrogens with zero attached hydrogens (tertiary/aromatic N) is 2. The molecule has 2 heterocycles. The van der Waals surface area contributed by atoms with Gasteiger partial charge in [0.05, 0.1) is 17.1 Å². The molecular formula is C20H18ClN3O4S2. The van der Waals surface area contributed by atoms with Crippen LogP contribution in [0.15, 0.2) is 42.5 Å². The van der Waals surface area contributed by atoms with E-state index in [9.17, 15) is 13.2 Å². The number of aryl methyl sites for hydroxylation is 1. The number of nitrogens with one attached hydrogen (secondary N) is 1. The molecule has 30 heavy (non-hydrogen) atoms. The van der Waals surface area contributed by atoms with Crippen molar-refractivity contribution in [3.63, 3.8) is 0 Å². The fourth-order valence-corrected chi connectivity index (χ4v) is 5.47. The minimum absolute atomic E-state index is 0.0120. The molecule has 4 rings (SSSR count). The molecule has 0 fully saturated rings. The zero-order valence-corrected chi connectivity index (χ0v) is 18.6. The highest BCUT2D eigenvalue weighted by Gasteiger charge is 2.24. The SMILES string of the molecule is Cc1sc(NS(=O)(=O)Cc2ccc(Cl)cc2)nc1-c1ccc2c(c1)N(C)C(=O)CO2. The highest BCUT2D eigenvalue weighted by atomic mass is 35.5. The van der Waals surface area contributed by atoms with Crippen molar-refractivity contribution in [3.05, 3.63) is 57.9 Å². The zero-order chi connectivity index (χ0) is 21.5. The third-order valence-corrected chi connectivity index (χ3v) is 7.11. The van der Waals surface area contributed by atoms with Crippen LogP contribution in [0.4, 0.5) is 10.8 Å². The van der Waals surface area contributed by atoms with Crippen LogP contribution in [0.3, 0.4) is 0 Å². The van der Waals surface area contributed by atoms with Crippen LogP contribution in [0.5, 0.6) is 5.75 Å². The van der Waals surface area contributed by atoms with Crippen molar-refractivity contribution in [3.8, 4) is 17.0 Å². The summed E-state index contributed by atoms with van der Waals surface area (Å²) in [6.07, 6.45) is 0. The number of carbonyl (C=O) groups excluding carboxylic acids is 1. The lowest BCUT2D eigenvalue weighted by Crippen LogP contribution is -2.35. The van der Waals surface area contributed by atoms with Crippen LogP contribution in [-0.2, 0) is 20.6 Å². The normalized spacial score (nSPS) is 13.7. The maximum Gasteiger partial charge on any atom is 0.264 e. The molecule has 0 saturated heterocycles. The Kier molecular flexibility index (Phi) is 5.44. The van der Waals surface area contributed by atoms with E-state index in [4.69, 9.17) is 16.3 Å².